The first kappa shape index (κ1) is 32.8. The molecule has 9 atom stereocenters. The van der Waals surface area contributed by atoms with Gasteiger partial charge >= 0.3 is 17.9 Å². The first-order chi connectivity index (χ1) is 19.6. The lowest BCUT2D eigenvalue weighted by molar-refractivity contribution is -0.256. The standard InChI is InChI=1S/C37H60O6/c1-31(2)16-18-37(30(41)42)19-17-35(8)23(24(37)20-31)10-11-26-34(7)14-13-27(33(5,6)25(34)12-15-36(26,35)9)43-29(40)22-32(3,4)21-28(38)39/h23-27H,10-22H2,1-9H3,(H,38,39)(H,41,42)/t23-,24+,25+,26-,27+,34+,35-,36-,37+/m1/s1. The minimum atomic E-state index is -0.890. The number of rotatable bonds is 6. The second kappa shape index (κ2) is 10.2. The molecule has 244 valence electrons. The number of esters is 1. The normalized spacial score (nSPS) is 45.0. The molecule has 0 aromatic carbocycles. The number of aliphatic carboxylic acids is 2. The molecule has 0 heterocycles. The Bertz CT molecular complexity index is 1150. The minimum Gasteiger partial charge on any atom is -0.481 e. The lowest BCUT2D eigenvalue weighted by Gasteiger charge is -2.73. The third-order valence-electron chi connectivity index (χ3n) is 15.1. The first-order valence-electron chi connectivity index (χ1n) is 17.3. The van der Waals surface area contributed by atoms with Gasteiger partial charge in [0, 0.05) is 5.41 Å². The van der Waals surface area contributed by atoms with Crippen molar-refractivity contribution in [2.24, 2.45) is 61.6 Å². The second-order valence-corrected chi connectivity index (χ2v) is 18.9. The van der Waals surface area contributed by atoms with Gasteiger partial charge in [-0.05, 0) is 121 Å². The number of carboxylic acid groups (broad SMARTS) is 2. The molecule has 5 rings (SSSR count). The lowest BCUT2D eigenvalue weighted by Crippen LogP contribution is -2.67. The Hall–Kier alpha value is -1.59. The maximum atomic E-state index is 13.1. The van der Waals surface area contributed by atoms with Gasteiger partial charge < -0.3 is 14.9 Å². The van der Waals surface area contributed by atoms with Gasteiger partial charge in [-0.25, -0.2) is 0 Å². The van der Waals surface area contributed by atoms with Crippen molar-refractivity contribution in [3.05, 3.63) is 0 Å². The Labute approximate surface area is 260 Å². The quantitative estimate of drug-likeness (QED) is 0.296. The summed E-state index contributed by atoms with van der Waals surface area (Å²) in [4.78, 5) is 37.3. The van der Waals surface area contributed by atoms with Gasteiger partial charge in [0.1, 0.15) is 6.10 Å². The van der Waals surface area contributed by atoms with Crippen LogP contribution in [0.5, 0.6) is 0 Å². The van der Waals surface area contributed by atoms with Gasteiger partial charge in [-0.2, -0.15) is 0 Å². The van der Waals surface area contributed by atoms with E-state index in [2.05, 4.69) is 48.5 Å². The van der Waals surface area contributed by atoms with E-state index in [0.717, 1.165) is 64.2 Å². The highest BCUT2D eigenvalue weighted by Gasteiger charge is 2.71. The molecule has 2 N–H and O–H groups in total. The highest BCUT2D eigenvalue weighted by atomic mass is 16.5. The van der Waals surface area contributed by atoms with Crippen LogP contribution in [-0.2, 0) is 19.1 Å². The maximum absolute atomic E-state index is 13.1. The van der Waals surface area contributed by atoms with Crippen molar-refractivity contribution in [2.45, 2.75) is 152 Å². The smallest absolute Gasteiger partial charge is 0.309 e. The number of carbonyl (C=O) groups excluding carboxylic acids is 1. The van der Waals surface area contributed by atoms with Crippen LogP contribution in [-0.4, -0.2) is 34.2 Å². The number of carboxylic acids is 2. The van der Waals surface area contributed by atoms with Gasteiger partial charge in [-0.15, -0.1) is 0 Å². The lowest BCUT2D eigenvalue weighted by atomic mass is 9.31. The molecular weight excluding hydrogens is 540 g/mol. The Balaban J connectivity index is 1.39. The zero-order chi connectivity index (χ0) is 32.0. The van der Waals surface area contributed by atoms with E-state index in [9.17, 15) is 24.6 Å². The van der Waals surface area contributed by atoms with E-state index in [1.54, 1.807) is 0 Å². The van der Waals surface area contributed by atoms with Gasteiger partial charge in [0.2, 0.25) is 0 Å². The SMILES string of the molecule is CC(C)(CC(=O)O)CC(=O)O[C@H]1CC[C@]2(C)[C@H]3CC[C@@H]4[C@@H]5CC(C)(C)CC[C@]5(C(=O)O)CC[C@@]4(C)[C@]3(C)CC[C@H]2C1(C)C. The summed E-state index contributed by atoms with van der Waals surface area (Å²) in [7, 11) is 0. The van der Waals surface area contributed by atoms with Gasteiger partial charge in [-0.1, -0.05) is 62.3 Å². The van der Waals surface area contributed by atoms with E-state index < -0.39 is 22.8 Å². The first-order valence-corrected chi connectivity index (χ1v) is 17.3. The summed E-state index contributed by atoms with van der Waals surface area (Å²) in [5, 5.41) is 19.9. The van der Waals surface area contributed by atoms with Crippen molar-refractivity contribution < 1.29 is 29.3 Å². The molecule has 0 aromatic heterocycles. The van der Waals surface area contributed by atoms with Crippen molar-refractivity contribution in [1.29, 1.82) is 0 Å². The summed E-state index contributed by atoms with van der Waals surface area (Å²) in [6.45, 7) is 20.6. The molecular formula is C37H60O6. The topological polar surface area (TPSA) is 101 Å². The Morgan fingerprint density at radius 2 is 1.37 bits per heavy atom. The number of carbonyl (C=O) groups is 3. The summed E-state index contributed by atoms with van der Waals surface area (Å²) in [5.74, 6) is 0.0103. The van der Waals surface area contributed by atoms with E-state index >= 15 is 0 Å². The molecule has 5 aliphatic carbocycles. The van der Waals surface area contributed by atoms with E-state index in [0.29, 0.717) is 17.8 Å². The molecule has 43 heavy (non-hydrogen) atoms. The summed E-state index contributed by atoms with van der Waals surface area (Å²) in [5.41, 5.74) is -0.722. The van der Waals surface area contributed by atoms with Crippen molar-refractivity contribution in [3.8, 4) is 0 Å². The number of hydrogen-bond acceptors (Lipinski definition) is 4. The molecule has 6 heteroatoms. The van der Waals surface area contributed by atoms with Gasteiger partial charge in [0.15, 0.2) is 0 Å². The summed E-state index contributed by atoms with van der Waals surface area (Å²) in [6.07, 6.45) is 11.0. The number of hydrogen-bond donors (Lipinski definition) is 2. The average Bonchev–Trinajstić information content (AvgIpc) is 2.84. The van der Waals surface area contributed by atoms with Crippen molar-refractivity contribution >= 4 is 17.9 Å². The molecule has 0 amide bonds. The van der Waals surface area contributed by atoms with Crippen molar-refractivity contribution in [1.82, 2.24) is 0 Å². The monoisotopic (exact) mass is 600 g/mol. The molecule has 5 fully saturated rings. The third kappa shape index (κ3) is 4.98. The average molecular weight is 601 g/mol. The molecule has 0 radical (unpaired) electrons. The van der Waals surface area contributed by atoms with Crippen LogP contribution in [0, 0.1) is 61.6 Å². The molecule has 0 aliphatic heterocycles. The second-order valence-electron chi connectivity index (χ2n) is 18.9. The fourth-order valence-corrected chi connectivity index (χ4v) is 12.7. The van der Waals surface area contributed by atoms with Crippen LogP contribution < -0.4 is 0 Å². The van der Waals surface area contributed by atoms with E-state index in [1.807, 2.05) is 13.8 Å². The minimum absolute atomic E-state index is 0.0528. The molecule has 6 nitrogen and oxygen atoms in total. The van der Waals surface area contributed by atoms with Crippen LogP contribution in [0.15, 0.2) is 0 Å². The van der Waals surface area contributed by atoms with Crippen LogP contribution >= 0.6 is 0 Å². The number of fused-ring (bicyclic) bond motifs is 7. The van der Waals surface area contributed by atoms with E-state index in [4.69, 9.17) is 4.74 Å². The summed E-state index contributed by atoms with van der Waals surface area (Å²) in [6, 6.07) is 0. The van der Waals surface area contributed by atoms with Gasteiger partial charge in [0.25, 0.3) is 0 Å². The maximum Gasteiger partial charge on any atom is 0.309 e. The molecule has 0 spiro atoms. The highest BCUT2D eigenvalue weighted by Crippen LogP contribution is 2.77. The predicted molar refractivity (Wildman–Crippen MR) is 167 cm³/mol. The highest BCUT2D eigenvalue weighted by molar-refractivity contribution is 5.76. The molecule has 5 aliphatic rings. The van der Waals surface area contributed by atoms with Gasteiger partial charge in [0.05, 0.1) is 18.3 Å². The molecule has 5 saturated carbocycles. The Kier molecular flexibility index (Phi) is 7.79. The zero-order valence-electron chi connectivity index (χ0n) is 28.6. The van der Waals surface area contributed by atoms with E-state index in [-0.39, 0.29) is 57.9 Å². The van der Waals surface area contributed by atoms with Crippen LogP contribution in [0.1, 0.15) is 146 Å². The fourth-order valence-electron chi connectivity index (χ4n) is 12.7. The Morgan fingerprint density at radius 1 is 0.721 bits per heavy atom. The number of ether oxygens (including phenoxy) is 1. The molecule has 0 bridgehead atoms. The van der Waals surface area contributed by atoms with Crippen molar-refractivity contribution in [2.75, 3.05) is 0 Å². The summed E-state index contributed by atoms with van der Waals surface area (Å²) >= 11 is 0. The van der Waals surface area contributed by atoms with Crippen LogP contribution in [0.3, 0.4) is 0 Å². The van der Waals surface area contributed by atoms with Crippen LogP contribution in [0.25, 0.3) is 0 Å². The van der Waals surface area contributed by atoms with Crippen molar-refractivity contribution in [3.63, 3.8) is 0 Å². The predicted octanol–water partition coefficient (Wildman–Crippen LogP) is 8.76. The molecule has 0 aromatic rings. The fraction of sp³-hybridized carbons (Fsp3) is 0.919. The third-order valence-corrected chi connectivity index (χ3v) is 15.1. The van der Waals surface area contributed by atoms with Gasteiger partial charge in [-0.3, -0.25) is 14.4 Å². The van der Waals surface area contributed by atoms with E-state index in [1.165, 1.54) is 6.42 Å². The Morgan fingerprint density at radius 3 is 2.00 bits per heavy atom. The largest absolute Gasteiger partial charge is 0.481 e. The summed E-state index contributed by atoms with van der Waals surface area (Å²) < 4.78 is 6.21. The zero-order valence-corrected chi connectivity index (χ0v) is 28.6. The molecule has 0 saturated heterocycles. The van der Waals surface area contributed by atoms with Crippen LogP contribution in [0.4, 0.5) is 0 Å². The van der Waals surface area contributed by atoms with Crippen LogP contribution in [0.2, 0.25) is 0 Å². The molecule has 0 unspecified atom stereocenters.